The van der Waals surface area contributed by atoms with E-state index in [4.69, 9.17) is 0 Å². The molecule has 1 atom stereocenters. The van der Waals surface area contributed by atoms with Crippen molar-refractivity contribution in [2.75, 3.05) is 38.5 Å². The maximum atomic E-state index is 12.5. The van der Waals surface area contributed by atoms with Crippen LogP contribution in [-0.2, 0) is 11.3 Å². The molecule has 0 bridgehead atoms. The molecule has 0 spiro atoms. The van der Waals surface area contributed by atoms with Crippen LogP contribution in [0.5, 0.6) is 0 Å². The van der Waals surface area contributed by atoms with Crippen molar-refractivity contribution in [1.29, 1.82) is 0 Å². The lowest BCUT2D eigenvalue weighted by atomic mass is 10.1. The monoisotopic (exact) mass is 417 g/mol. The Morgan fingerprint density at radius 1 is 1.31 bits per heavy atom. The fourth-order valence-corrected chi connectivity index (χ4v) is 4.75. The molecular formula is C21H31N5O2S. The van der Waals surface area contributed by atoms with E-state index in [9.17, 15) is 9.59 Å². The van der Waals surface area contributed by atoms with Crippen LogP contribution in [0.15, 0.2) is 29.3 Å². The first-order valence-electron chi connectivity index (χ1n) is 10.3. The van der Waals surface area contributed by atoms with Gasteiger partial charge in [0.2, 0.25) is 5.91 Å². The summed E-state index contributed by atoms with van der Waals surface area (Å²) in [6.45, 7) is 7.81. The number of amides is 2. The molecule has 0 aliphatic carbocycles. The Morgan fingerprint density at radius 3 is 2.76 bits per heavy atom. The van der Waals surface area contributed by atoms with E-state index in [2.05, 4.69) is 34.8 Å². The third kappa shape index (κ3) is 6.13. The summed E-state index contributed by atoms with van der Waals surface area (Å²) in [7, 11) is 0. The molecule has 29 heavy (non-hydrogen) atoms. The molecule has 0 radical (unpaired) electrons. The van der Waals surface area contributed by atoms with Gasteiger partial charge in [-0.1, -0.05) is 12.1 Å². The van der Waals surface area contributed by atoms with Gasteiger partial charge in [-0.3, -0.25) is 9.59 Å². The molecule has 0 aromatic heterocycles. The number of thioether (sulfide) groups is 1. The summed E-state index contributed by atoms with van der Waals surface area (Å²) in [5.41, 5.74) is 1.64. The Bertz CT molecular complexity index is 744. The number of nitrogens with one attached hydrogen (secondary N) is 3. The van der Waals surface area contributed by atoms with Crippen LogP contribution in [-0.4, -0.2) is 65.9 Å². The molecule has 2 saturated heterocycles. The highest BCUT2D eigenvalue weighted by Gasteiger charge is 2.29. The van der Waals surface area contributed by atoms with Crippen molar-refractivity contribution in [3.05, 3.63) is 35.4 Å². The zero-order valence-corrected chi connectivity index (χ0v) is 18.1. The Morgan fingerprint density at radius 2 is 2.10 bits per heavy atom. The van der Waals surface area contributed by atoms with E-state index in [-0.39, 0.29) is 23.1 Å². The molecule has 3 N–H and O–H groups in total. The molecule has 1 aromatic carbocycles. The lowest BCUT2D eigenvalue weighted by molar-refractivity contribution is -0.123. The quantitative estimate of drug-likeness (QED) is 0.484. The number of hydrogen-bond acceptors (Lipinski definition) is 4. The molecule has 2 amide bonds. The normalized spacial score (nSPS) is 22.3. The zero-order chi connectivity index (χ0) is 20.7. The number of nitrogens with zero attached hydrogens (tertiary/aromatic N) is 2. The fraction of sp³-hybridized carbons (Fsp3) is 0.571. The number of carbonyl (C=O) groups excluding carboxylic acids is 2. The fourth-order valence-electron chi connectivity index (χ4n) is 3.51. The zero-order valence-electron chi connectivity index (χ0n) is 17.3. The second-order valence-electron chi connectivity index (χ2n) is 7.72. The van der Waals surface area contributed by atoms with E-state index in [1.807, 2.05) is 36.0 Å². The maximum absolute atomic E-state index is 12.5. The average molecular weight is 418 g/mol. The van der Waals surface area contributed by atoms with Crippen LogP contribution < -0.4 is 16.0 Å². The minimum Gasteiger partial charge on any atom is -0.357 e. The summed E-state index contributed by atoms with van der Waals surface area (Å²) in [4.78, 5) is 30.3. The van der Waals surface area contributed by atoms with Crippen LogP contribution in [0.1, 0.15) is 42.6 Å². The molecule has 1 unspecified atom stereocenters. The van der Waals surface area contributed by atoms with E-state index < -0.39 is 0 Å². The molecule has 158 valence electrons. The minimum atomic E-state index is -0.108. The van der Waals surface area contributed by atoms with Crippen molar-refractivity contribution in [3.63, 3.8) is 0 Å². The van der Waals surface area contributed by atoms with Crippen LogP contribution in [0.4, 0.5) is 0 Å². The van der Waals surface area contributed by atoms with Gasteiger partial charge >= 0.3 is 0 Å². The van der Waals surface area contributed by atoms with Gasteiger partial charge in [0.25, 0.3) is 5.91 Å². The molecule has 7 nitrogen and oxygen atoms in total. The maximum Gasteiger partial charge on any atom is 0.254 e. The Labute approximate surface area is 177 Å². The summed E-state index contributed by atoms with van der Waals surface area (Å²) in [6, 6.07) is 7.49. The van der Waals surface area contributed by atoms with E-state index in [0.717, 1.165) is 24.6 Å². The molecule has 0 saturated carbocycles. The van der Waals surface area contributed by atoms with Crippen LogP contribution in [0.3, 0.4) is 0 Å². The molecule has 2 aliphatic heterocycles. The summed E-state index contributed by atoms with van der Waals surface area (Å²) < 4.78 is 0.281. The van der Waals surface area contributed by atoms with Crippen LogP contribution >= 0.6 is 11.8 Å². The number of rotatable bonds is 6. The molecule has 3 rings (SSSR count). The predicted molar refractivity (Wildman–Crippen MR) is 118 cm³/mol. The van der Waals surface area contributed by atoms with Crippen molar-refractivity contribution in [2.45, 2.75) is 38.0 Å². The number of aliphatic imine (C=N–C) groups is 1. The van der Waals surface area contributed by atoms with Gasteiger partial charge in [-0.2, -0.15) is 11.8 Å². The van der Waals surface area contributed by atoms with Gasteiger partial charge in [-0.25, -0.2) is 4.99 Å². The summed E-state index contributed by atoms with van der Waals surface area (Å²) in [5, 5.41) is 9.51. The van der Waals surface area contributed by atoms with Crippen LogP contribution in [0.2, 0.25) is 0 Å². The number of guanidine groups is 1. The lowest BCUT2D eigenvalue weighted by Gasteiger charge is -2.26. The second kappa shape index (κ2) is 10.0. The van der Waals surface area contributed by atoms with Gasteiger partial charge in [-0.15, -0.1) is 0 Å². The Hall–Kier alpha value is -2.22. The average Bonchev–Trinajstić information content (AvgIpc) is 3.17. The highest BCUT2D eigenvalue weighted by molar-refractivity contribution is 8.00. The topological polar surface area (TPSA) is 85.8 Å². The number of carbonyl (C=O) groups is 2. The van der Waals surface area contributed by atoms with Gasteiger partial charge in [0.15, 0.2) is 5.96 Å². The molecule has 1 aromatic rings. The van der Waals surface area contributed by atoms with Gasteiger partial charge in [0.1, 0.15) is 0 Å². The standard InChI is InChI=1S/C21H31N5O2S/c1-3-22-20(25-15-21(2)9-4-12-29-21)24-13-16-5-7-17(8-6-16)19(28)26-11-10-23-18(27)14-26/h5-8H,3-4,9-15H2,1-2H3,(H,23,27)(H2,22,24,25). The third-order valence-corrected chi connectivity index (χ3v) is 6.76. The molecule has 2 fully saturated rings. The van der Waals surface area contributed by atoms with Gasteiger partial charge < -0.3 is 20.9 Å². The summed E-state index contributed by atoms with van der Waals surface area (Å²) >= 11 is 2.03. The van der Waals surface area contributed by atoms with Gasteiger partial charge in [0.05, 0.1) is 13.1 Å². The third-order valence-electron chi connectivity index (χ3n) is 5.22. The highest BCUT2D eigenvalue weighted by Crippen LogP contribution is 2.36. The number of piperazine rings is 1. The van der Waals surface area contributed by atoms with Gasteiger partial charge in [0, 0.05) is 36.5 Å². The molecule has 8 heteroatoms. The molecule has 2 aliphatic rings. The van der Waals surface area contributed by atoms with Gasteiger partial charge in [-0.05, 0) is 50.1 Å². The summed E-state index contributed by atoms with van der Waals surface area (Å²) in [5.74, 6) is 1.84. The van der Waals surface area contributed by atoms with E-state index in [1.165, 1.54) is 18.6 Å². The molecule has 2 heterocycles. The number of hydrogen-bond donors (Lipinski definition) is 3. The van der Waals surface area contributed by atoms with Crippen molar-refractivity contribution >= 4 is 29.5 Å². The Balaban J connectivity index is 1.56. The van der Waals surface area contributed by atoms with Crippen molar-refractivity contribution < 1.29 is 9.59 Å². The van der Waals surface area contributed by atoms with Crippen molar-refractivity contribution in [1.82, 2.24) is 20.9 Å². The van der Waals surface area contributed by atoms with Crippen molar-refractivity contribution in [2.24, 2.45) is 4.99 Å². The highest BCUT2D eigenvalue weighted by atomic mass is 32.2. The van der Waals surface area contributed by atoms with Crippen LogP contribution in [0, 0.1) is 0 Å². The first-order valence-corrected chi connectivity index (χ1v) is 11.3. The Kier molecular flexibility index (Phi) is 7.41. The van der Waals surface area contributed by atoms with E-state index in [0.29, 0.717) is 25.2 Å². The first-order chi connectivity index (χ1) is 14.0. The second-order valence-corrected chi connectivity index (χ2v) is 9.41. The van der Waals surface area contributed by atoms with Crippen molar-refractivity contribution in [3.8, 4) is 0 Å². The predicted octanol–water partition coefficient (Wildman–Crippen LogP) is 1.60. The summed E-state index contributed by atoms with van der Waals surface area (Å²) in [6.07, 6.45) is 2.52. The smallest absolute Gasteiger partial charge is 0.254 e. The SMILES string of the molecule is CCNC(=NCc1ccc(C(=O)N2CCNC(=O)C2)cc1)NCC1(C)CCCS1. The first kappa shape index (κ1) is 21.5. The lowest BCUT2D eigenvalue weighted by Crippen LogP contribution is -2.49. The van der Waals surface area contributed by atoms with E-state index in [1.54, 1.807) is 4.90 Å². The molecular weight excluding hydrogens is 386 g/mol. The minimum absolute atomic E-state index is 0.104. The number of benzene rings is 1. The van der Waals surface area contributed by atoms with Crippen LogP contribution in [0.25, 0.3) is 0 Å². The largest absolute Gasteiger partial charge is 0.357 e. The van der Waals surface area contributed by atoms with E-state index >= 15 is 0 Å².